The molecule has 3 aromatic carbocycles. The van der Waals surface area contributed by atoms with Gasteiger partial charge in [0.25, 0.3) is 10.0 Å². The van der Waals surface area contributed by atoms with Crippen LogP contribution in [0, 0.1) is 5.82 Å². The van der Waals surface area contributed by atoms with Crippen molar-refractivity contribution in [2.24, 2.45) is 0 Å². The van der Waals surface area contributed by atoms with Gasteiger partial charge in [-0.15, -0.1) is 4.31 Å². The summed E-state index contributed by atoms with van der Waals surface area (Å²) < 4.78 is 126. The number of nitrogens with zero attached hydrogens (tertiary/aromatic N) is 3. The molecule has 0 bridgehead atoms. The summed E-state index contributed by atoms with van der Waals surface area (Å²) in [5.74, 6) is -1.32. The van der Waals surface area contributed by atoms with Gasteiger partial charge in [-0.25, -0.2) is 12.8 Å². The number of ether oxygens (including phenoxy) is 1. The molecule has 0 radical (unpaired) electrons. The summed E-state index contributed by atoms with van der Waals surface area (Å²) in [6, 6.07) is 10.9. The minimum absolute atomic E-state index is 0.0898. The largest absolute Gasteiger partial charge is 0.598 e. The summed E-state index contributed by atoms with van der Waals surface area (Å²) in [5, 5.41) is 0. The fraction of sp³-hybridized carbons (Fsp3) is 0.308. The van der Waals surface area contributed by atoms with Gasteiger partial charge in [-0.1, -0.05) is 12.1 Å². The van der Waals surface area contributed by atoms with Gasteiger partial charge in [0.1, 0.15) is 17.8 Å². The SMILES string of the molecule is CN(CCN1CCN(S(=O)(=O)c2cccc(C(F)(F)F)c2)c2cc(-c3cc(F)cc(OC(F)F)c3)ccc21)[S+](C)[O-]. The number of halogens is 6. The van der Waals surface area contributed by atoms with E-state index in [9.17, 15) is 39.3 Å². The molecule has 41 heavy (non-hydrogen) atoms. The van der Waals surface area contributed by atoms with E-state index < -0.39 is 56.2 Å². The van der Waals surface area contributed by atoms with Crippen LogP contribution in [0.25, 0.3) is 11.1 Å². The summed E-state index contributed by atoms with van der Waals surface area (Å²) in [6.45, 7) is -2.49. The Bertz CT molecular complexity index is 1500. The number of anilines is 2. The van der Waals surface area contributed by atoms with Crippen LogP contribution in [0.3, 0.4) is 0 Å². The van der Waals surface area contributed by atoms with Gasteiger partial charge in [-0.2, -0.15) is 22.0 Å². The van der Waals surface area contributed by atoms with Gasteiger partial charge in [-0.3, -0.25) is 4.31 Å². The van der Waals surface area contributed by atoms with Gasteiger partial charge in [0.05, 0.1) is 34.9 Å². The average molecular weight is 622 g/mol. The second-order valence-corrected chi connectivity index (χ2v) is 12.5. The van der Waals surface area contributed by atoms with Crippen LogP contribution in [-0.4, -0.2) is 63.4 Å². The Kier molecular flexibility index (Phi) is 9.01. The number of sulfonamides is 1. The number of likely N-dealkylation sites (N-methyl/N-ethyl adjacent to an activating group) is 1. The molecule has 0 saturated heterocycles. The fourth-order valence-corrected chi connectivity index (χ4v) is 6.20. The van der Waals surface area contributed by atoms with Crippen molar-refractivity contribution >= 4 is 32.8 Å². The van der Waals surface area contributed by atoms with E-state index in [1.807, 2.05) is 4.90 Å². The number of fused-ring (bicyclic) bond motifs is 1. The van der Waals surface area contributed by atoms with Gasteiger partial charge in [0.15, 0.2) is 0 Å². The molecule has 0 saturated carbocycles. The van der Waals surface area contributed by atoms with E-state index in [1.165, 1.54) is 18.4 Å². The minimum atomic E-state index is -4.77. The van der Waals surface area contributed by atoms with Gasteiger partial charge >= 0.3 is 12.8 Å². The molecule has 0 amide bonds. The number of alkyl halides is 5. The zero-order valence-corrected chi connectivity index (χ0v) is 23.4. The monoisotopic (exact) mass is 621 g/mol. The highest BCUT2D eigenvalue weighted by Gasteiger charge is 2.36. The molecule has 7 nitrogen and oxygen atoms in total. The Labute approximate surface area is 236 Å². The van der Waals surface area contributed by atoms with Crippen LogP contribution in [0.5, 0.6) is 5.75 Å². The van der Waals surface area contributed by atoms with Gasteiger partial charge < -0.3 is 14.2 Å². The number of hydrogen-bond acceptors (Lipinski definition) is 6. The Morgan fingerprint density at radius 3 is 2.41 bits per heavy atom. The molecule has 1 aliphatic rings. The van der Waals surface area contributed by atoms with E-state index in [0.29, 0.717) is 24.8 Å². The van der Waals surface area contributed by atoms with E-state index in [2.05, 4.69) is 4.74 Å². The predicted octanol–water partition coefficient (Wildman–Crippen LogP) is 5.35. The van der Waals surface area contributed by atoms with Crippen LogP contribution in [-0.2, 0) is 27.6 Å². The second kappa shape index (κ2) is 12.0. The van der Waals surface area contributed by atoms with Crippen molar-refractivity contribution < 1.29 is 44.0 Å². The van der Waals surface area contributed by atoms with Crippen molar-refractivity contribution in [2.45, 2.75) is 17.7 Å². The van der Waals surface area contributed by atoms with Crippen molar-refractivity contribution in [3.63, 3.8) is 0 Å². The van der Waals surface area contributed by atoms with E-state index in [1.54, 1.807) is 17.4 Å². The topological polar surface area (TPSA) is 76.2 Å². The Morgan fingerprint density at radius 1 is 1.02 bits per heavy atom. The lowest BCUT2D eigenvalue weighted by atomic mass is 10.0. The third kappa shape index (κ3) is 7.02. The summed E-state index contributed by atoms with van der Waals surface area (Å²) in [5.41, 5.74) is -0.273. The standard InChI is InChI=1S/C26H25F6N3O4S2/c1-33(40(2)36)8-9-34-10-11-35(41(37,38)22-5-3-4-19(15-22)26(30,31)32)24-14-17(6-7-23(24)34)18-12-20(27)16-21(13-18)39-25(28)29/h3-7,12-16,25H,8-11H2,1-2H3. The van der Waals surface area contributed by atoms with E-state index in [0.717, 1.165) is 40.7 Å². The quantitative estimate of drug-likeness (QED) is 0.237. The molecule has 4 rings (SSSR count). The third-order valence-electron chi connectivity index (χ3n) is 6.46. The minimum Gasteiger partial charge on any atom is -0.598 e. The number of rotatable bonds is 9. The first-order valence-electron chi connectivity index (χ1n) is 12.1. The van der Waals surface area contributed by atoms with Crippen molar-refractivity contribution in [1.82, 2.24) is 4.31 Å². The van der Waals surface area contributed by atoms with Crippen LogP contribution < -0.4 is 13.9 Å². The molecule has 1 heterocycles. The van der Waals surface area contributed by atoms with Gasteiger partial charge in [-0.05, 0) is 53.6 Å². The number of hydrogen-bond donors (Lipinski definition) is 0. The highest BCUT2D eigenvalue weighted by molar-refractivity contribution is 7.92. The molecule has 0 aromatic heterocycles. The lowest BCUT2D eigenvalue weighted by molar-refractivity contribution is -0.137. The molecule has 0 fully saturated rings. The van der Waals surface area contributed by atoms with Crippen LogP contribution in [0.1, 0.15) is 5.56 Å². The maximum absolute atomic E-state index is 14.3. The summed E-state index contributed by atoms with van der Waals surface area (Å²) in [6.07, 6.45) is -3.26. The van der Waals surface area contributed by atoms with Crippen molar-refractivity contribution in [2.75, 3.05) is 48.7 Å². The average Bonchev–Trinajstić information content (AvgIpc) is 2.89. The normalized spacial score (nSPS) is 14.9. The zero-order valence-electron chi connectivity index (χ0n) is 21.7. The zero-order chi connectivity index (χ0) is 30.1. The highest BCUT2D eigenvalue weighted by Crippen LogP contribution is 2.41. The summed E-state index contributed by atoms with van der Waals surface area (Å²) >= 11 is -1.26. The molecule has 1 aliphatic heterocycles. The van der Waals surface area contributed by atoms with Crippen LogP contribution >= 0.6 is 0 Å². The molecule has 0 aliphatic carbocycles. The smallest absolute Gasteiger partial charge is 0.416 e. The van der Waals surface area contributed by atoms with Gasteiger partial charge in [0, 0.05) is 37.6 Å². The first kappa shape index (κ1) is 30.8. The van der Waals surface area contributed by atoms with Crippen LogP contribution in [0.15, 0.2) is 65.6 Å². The van der Waals surface area contributed by atoms with E-state index >= 15 is 0 Å². The number of benzene rings is 3. The molecule has 0 spiro atoms. The molecule has 0 N–H and O–H groups in total. The van der Waals surface area contributed by atoms with Crippen LogP contribution in [0.2, 0.25) is 0 Å². The van der Waals surface area contributed by atoms with E-state index in [-0.39, 0.29) is 29.9 Å². The Hall–Kier alpha value is -3.14. The Balaban J connectivity index is 1.81. The van der Waals surface area contributed by atoms with Crippen LogP contribution in [0.4, 0.5) is 37.7 Å². The third-order valence-corrected chi connectivity index (χ3v) is 9.33. The van der Waals surface area contributed by atoms with Crippen molar-refractivity contribution in [1.29, 1.82) is 0 Å². The first-order valence-corrected chi connectivity index (χ1v) is 15.0. The predicted molar refractivity (Wildman–Crippen MR) is 143 cm³/mol. The highest BCUT2D eigenvalue weighted by atomic mass is 32.2. The maximum Gasteiger partial charge on any atom is 0.416 e. The molecule has 222 valence electrons. The molecule has 1 atom stereocenters. The second-order valence-electron chi connectivity index (χ2n) is 9.12. The lowest BCUT2D eigenvalue weighted by Crippen LogP contribution is -2.46. The van der Waals surface area contributed by atoms with Crippen molar-refractivity contribution in [3.8, 4) is 16.9 Å². The summed E-state index contributed by atoms with van der Waals surface area (Å²) in [7, 11) is -2.86. The first-order chi connectivity index (χ1) is 19.2. The summed E-state index contributed by atoms with van der Waals surface area (Å²) in [4.78, 5) is 1.26. The van der Waals surface area contributed by atoms with E-state index in [4.69, 9.17) is 0 Å². The molecular weight excluding hydrogens is 596 g/mol. The Morgan fingerprint density at radius 2 is 1.76 bits per heavy atom. The van der Waals surface area contributed by atoms with Crippen molar-refractivity contribution in [3.05, 3.63) is 72.0 Å². The lowest BCUT2D eigenvalue weighted by Gasteiger charge is -2.39. The maximum atomic E-state index is 14.3. The fourth-order valence-electron chi connectivity index (χ4n) is 4.36. The van der Waals surface area contributed by atoms with Gasteiger partial charge in [0.2, 0.25) is 0 Å². The molecule has 15 heteroatoms. The molecular formula is C26H25F6N3O4S2. The molecule has 1 unspecified atom stereocenters. The molecule has 3 aromatic rings.